The first-order chi connectivity index (χ1) is 15.7. The molecular weight excluding hydrogens is 463 g/mol. The predicted octanol–water partition coefficient (Wildman–Crippen LogP) is 3.51. The molecule has 0 aromatic heterocycles. The number of carboxylic acids is 1. The fourth-order valence-electron chi connectivity index (χ4n) is 4.61. The Morgan fingerprint density at radius 3 is 2.32 bits per heavy atom. The van der Waals surface area contributed by atoms with E-state index >= 15 is 0 Å². The summed E-state index contributed by atoms with van der Waals surface area (Å²) in [6, 6.07) is 9.30. The van der Waals surface area contributed by atoms with Crippen molar-refractivity contribution in [1.29, 1.82) is 0 Å². The molecule has 0 bridgehead atoms. The van der Waals surface area contributed by atoms with E-state index in [4.69, 9.17) is 10.5 Å². The maximum atomic E-state index is 13.6. The van der Waals surface area contributed by atoms with Gasteiger partial charge in [-0.25, -0.2) is 17.6 Å². The number of halogens is 1. The van der Waals surface area contributed by atoms with Crippen molar-refractivity contribution in [3.8, 4) is 5.75 Å². The second-order valence-electron chi connectivity index (χ2n) is 9.21. The van der Waals surface area contributed by atoms with E-state index in [-0.39, 0.29) is 30.3 Å². The molecule has 1 saturated heterocycles. The van der Waals surface area contributed by atoms with Crippen LogP contribution >= 0.6 is 0 Å². The minimum Gasteiger partial charge on any atom is -0.489 e. The molecule has 34 heavy (non-hydrogen) atoms. The van der Waals surface area contributed by atoms with E-state index in [1.165, 1.54) is 62.1 Å². The van der Waals surface area contributed by atoms with Crippen molar-refractivity contribution in [2.45, 2.75) is 56.4 Å². The lowest BCUT2D eigenvalue weighted by atomic mass is 9.66. The average molecular weight is 493 g/mol. The highest BCUT2D eigenvalue weighted by Crippen LogP contribution is 2.48. The minimum absolute atomic E-state index is 0.0211. The van der Waals surface area contributed by atoms with Crippen LogP contribution in [0.25, 0.3) is 0 Å². The molecule has 10 heteroatoms. The van der Waals surface area contributed by atoms with Gasteiger partial charge in [-0.15, -0.1) is 0 Å². The Bertz CT molecular complexity index is 1210. The molecule has 0 spiro atoms. The molecule has 2 unspecified atom stereocenters. The SMILES string of the molecule is Cc1cc(F)ccc1COc1ccc(S(=O)(=O)C2CCN(C(N)=O)C(C)(C)C2(C)C(=O)O)cc1. The highest BCUT2D eigenvalue weighted by molar-refractivity contribution is 7.92. The average Bonchev–Trinajstić information content (AvgIpc) is 2.74. The van der Waals surface area contributed by atoms with Crippen LogP contribution in [-0.4, -0.2) is 47.8 Å². The first kappa shape index (κ1) is 25.5. The van der Waals surface area contributed by atoms with E-state index in [0.717, 1.165) is 11.1 Å². The molecule has 0 saturated carbocycles. The van der Waals surface area contributed by atoms with Crippen molar-refractivity contribution in [3.05, 3.63) is 59.4 Å². The topological polar surface area (TPSA) is 127 Å². The molecule has 2 atom stereocenters. The first-order valence-corrected chi connectivity index (χ1v) is 12.3. The second kappa shape index (κ2) is 8.90. The Hall–Kier alpha value is -3.14. The highest BCUT2D eigenvalue weighted by Gasteiger charge is 2.63. The number of urea groups is 1. The van der Waals surface area contributed by atoms with Crippen LogP contribution in [0.5, 0.6) is 5.75 Å². The Balaban J connectivity index is 1.87. The highest BCUT2D eigenvalue weighted by atomic mass is 32.2. The summed E-state index contributed by atoms with van der Waals surface area (Å²) < 4.78 is 46.1. The van der Waals surface area contributed by atoms with Gasteiger partial charge in [0.25, 0.3) is 0 Å². The van der Waals surface area contributed by atoms with Gasteiger partial charge in [-0.3, -0.25) is 4.79 Å². The van der Waals surface area contributed by atoms with Crippen LogP contribution in [0.2, 0.25) is 0 Å². The van der Waals surface area contributed by atoms with Crippen LogP contribution in [0.1, 0.15) is 38.3 Å². The number of likely N-dealkylation sites (tertiary alicyclic amines) is 1. The van der Waals surface area contributed by atoms with Crippen LogP contribution in [0.3, 0.4) is 0 Å². The molecule has 3 rings (SSSR count). The maximum Gasteiger partial charge on any atom is 0.315 e. The Kier molecular flexibility index (Phi) is 6.67. The summed E-state index contributed by atoms with van der Waals surface area (Å²) >= 11 is 0. The number of nitrogens with two attached hydrogens (primary N) is 1. The van der Waals surface area contributed by atoms with Crippen LogP contribution < -0.4 is 10.5 Å². The number of benzene rings is 2. The molecule has 1 heterocycles. The largest absolute Gasteiger partial charge is 0.489 e. The molecule has 1 fully saturated rings. The van der Waals surface area contributed by atoms with E-state index in [2.05, 4.69) is 0 Å². The molecular formula is C24H29FN2O6S. The monoisotopic (exact) mass is 492 g/mol. The summed E-state index contributed by atoms with van der Waals surface area (Å²) in [6.07, 6.45) is -0.0698. The number of aliphatic carboxylic acids is 1. The van der Waals surface area contributed by atoms with Gasteiger partial charge in [0.2, 0.25) is 0 Å². The number of nitrogens with zero attached hydrogens (tertiary/aromatic N) is 1. The Labute approximate surface area is 198 Å². The van der Waals surface area contributed by atoms with Gasteiger partial charge in [-0.1, -0.05) is 6.07 Å². The number of primary amides is 1. The van der Waals surface area contributed by atoms with Gasteiger partial charge >= 0.3 is 12.0 Å². The van der Waals surface area contributed by atoms with E-state index in [9.17, 15) is 27.5 Å². The van der Waals surface area contributed by atoms with Gasteiger partial charge in [0, 0.05) is 6.54 Å². The fourth-order valence-corrected chi connectivity index (χ4v) is 6.88. The number of carbonyl (C=O) groups is 2. The third-order valence-corrected chi connectivity index (χ3v) is 9.53. The van der Waals surface area contributed by atoms with Crippen molar-refractivity contribution < 1.29 is 32.2 Å². The van der Waals surface area contributed by atoms with E-state index in [0.29, 0.717) is 5.75 Å². The number of carboxylic acid groups (broad SMARTS) is 1. The van der Waals surface area contributed by atoms with Gasteiger partial charge in [-0.2, -0.15) is 0 Å². The lowest BCUT2D eigenvalue weighted by Crippen LogP contribution is -2.70. The van der Waals surface area contributed by atoms with Crippen molar-refractivity contribution in [3.63, 3.8) is 0 Å². The molecule has 2 aromatic carbocycles. The smallest absolute Gasteiger partial charge is 0.315 e. The second-order valence-corrected chi connectivity index (χ2v) is 11.3. The zero-order valence-electron chi connectivity index (χ0n) is 19.5. The normalized spacial score (nSPS) is 22.3. The Morgan fingerprint density at radius 2 is 1.79 bits per heavy atom. The van der Waals surface area contributed by atoms with Gasteiger partial charge in [0.1, 0.15) is 23.6 Å². The molecule has 0 radical (unpaired) electrons. The third-order valence-electron chi connectivity index (χ3n) is 7.14. The molecule has 1 aliphatic rings. The molecule has 2 aromatic rings. The number of ether oxygens (including phenoxy) is 1. The summed E-state index contributed by atoms with van der Waals surface area (Å²) in [5, 5.41) is 8.81. The number of carbonyl (C=O) groups excluding carboxylic acids is 1. The summed E-state index contributed by atoms with van der Waals surface area (Å²) in [5.41, 5.74) is 3.81. The number of aryl methyl sites for hydroxylation is 1. The van der Waals surface area contributed by atoms with Crippen molar-refractivity contribution in [2.75, 3.05) is 6.54 Å². The van der Waals surface area contributed by atoms with Gasteiger partial charge in [-0.05, 0) is 81.6 Å². The molecule has 184 valence electrons. The maximum absolute atomic E-state index is 13.6. The van der Waals surface area contributed by atoms with E-state index in [1.807, 2.05) is 0 Å². The number of hydrogen-bond donors (Lipinski definition) is 2. The number of hydrogen-bond acceptors (Lipinski definition) is 5. The van der Waals surface area contributed by atoms with Gasteiger partial charge in [0.15, 0.2) is 9.84 Å². The molecule has 3 N–H and O–H groups in total. The number of amides is 2. The van der Waals surface area contributed by atoms with Crippen molar-refractivity contribution in [1.82, 2.24) is 4.90 Å². The summed E-state index contributed by atoms with van der Waals surface area (Å²) in [4.78, 5) is 25.5. The minimum atomic E-state index is -4.09. The zero-order valence-corrected chi connectivity index (χ0v) is 20.4. The summed E-state index contributed by atoms with van der Waals surface area (Å²) in [5.74, 6) is -1.26. The zero-order chi connectivity index (χ0) is 25.5. The van der Waals surface area contributed by atoms with Crippen molar-refractivity contribution in [2.24, 2.45) is 11.1 Å². The number of piperidine rings is 1. The first-order valence-electron chi connectivity index (χ1n) is 10.7. The Morgan fingerprint density at radius 1 is 1.18 bits per heavy atom. The van der Waals surface area contributed by atoms with Gasteiger partial charge in [0.05, 0.1) is 15.7 Å². The standard InChI is InChI=1S/C24H29FN2O6S/c1-15-13-17(25)6-5-16(15)14-33-18-7-9-19(10-8-18)34(31,32)20-11-12-27(22(26)30)23(2,3)24(20,4)21(28)29/h5-10,13,20H,11-12,14H2,1-4H3,(H2,26,30)(H,28,29). The number of sulfone groups is 1. The van der Waals surface area contributed by atoms with Crippen LogP contribution in [0.4, 0.5) is 9.18 Å². The van der Waals surface area contributed by atoms with Crippen LogP contribution in [-0.2, 0) is 21.2 Å². The van der Waals surface area contributed by atoms with Crippen molar-refractivity contribution >= 4 is 21.8 Å². The quantitative estimate of drug-likeness (QED) is 0.635. The third kappa shape index (κ3) is 4.22. The molecule has 2 amide bonds. The number of rotatable bonds is 6. The molecule has 8 nitrogen and oxygen atoms in total. The summed E-state index contributed by atoms with van der Waals surface area (Å²) in [6.45, 7) is 6.34. The van der Waals surface area contributed by atoms with E-state index < -0.39 is 38.0 Å². The molecule has 0 aliphatic carbocycles. The predicted molar refractivity (Wildman–Crippen MR) is 124 cm³/mol. The lowest BCUT2D eigenvalue weighted by molar-refractivity contribution is -0.159. The van der Waals surface area contributed by atoms with Gasteiger partial charge < -0.3 is 20.5 Å². The summed E-state index contributed by atoms with van der Waals surface area (Å²) in [7, 11) is -4.09. The van der Waals surface area contributed by atoms with Crippen LogP contribution in [0.15, 0.2) is 47.4 Å². The molecule has 1 aliphatic heterocycles. The van der Waals surface area contributed by atoms with E-state index in [1.54, 1.807) is 13.0 Å². The van der Waals surface area contributed by atoms with Crippen LogP contribution in [0, 0.1) is 18.2 Å². The fraction of sp³-hybridized carbons (Fsp3) is 0.417. The lowest BCUT2D eigenvalue weighted by Gasteiger charge is -2.54.